The summed E-state index contributed by atoms with van der Waals surface area (Å²) in [6.07, 6.45) is 0. The van der Waals surface area contributed by atoms with Crippen LogP contribution in [-0.4, -0.2) is 31.6 Å². The number of aromatic amines is 1. The number of rotatable bonds is 7. The molecule has 0 atom stereocenters. The Morgan fingerprint density at radius 3 is 2.32 bits per heavy atom. The number of para-hydroxylation sites is 1. The molecule has 0 unspecified atom stereocenters. The van der Waals surface area contributed by atoms with Crippen LogP contribution in [-0.2, 0) is 10.0 Å². The standard InChI is InChI=1S/C25H24N4O4S/c1-16-8-7-9-17(2)24(16)29-34(31,32)23-14-19(12-13-22(23)33-3)26-25(30)21-15-20(27-28-21)18-10-5-4-6-11-18/h4-15,29H,1-3H3,(H,26,30)(H,27,28). The van der Waals surface area contributed by atoms with Crippen molar-refractivity contribution in [2.24, 2.45) is 0 Å². The molecule has 0 aliphatic carbocycles. The fraction of sp³-hybridized carbons (Fsp3) is 0.120. The number of ether oxygens (including phenoxy) is 1. The molecular formula is C25H24N4O4S. The van der Waals surface area contributed by atoms with Gasteiger partial charge in [0, 0.05) is 5.69 Å². The minimum Gasteiger partial charge on any atom is -0.495 e. The number of benzene rings is 3. The molecular weight excluding hydrogens is 452 g/mol. The number of nitrogens with zero attached hydrogens (tertiary/aromatic N) is 1. The number of nitrogens with one attached hydrogen (secondary N) is 3. The Balaban J connectivity index is 1.60. The summed E-state index contributed by atoms with van der Waals surface area (Å²) >= 11 is 0. The van der Waals surface area contributed by atoms with Crippen molar-refractivity contribution >= 4 is 27.3 Å². The SMILES string of the molecule is COc1ccc(NC(=O)c2cc(-c3ccccc3)[nH]n2)cc1S(=O)(=O)Nc1c(C)cccc1C. The van der Waals surface area contributed by atoms with E-state index in [1.54, 1.807) is 12.1 Å². The van der Waals surface area contributed by atoms with Crippen LogP contribution < -0.4 is 14.8 Å². The van der Waals surface area contributed by atoms with Gasteiger partial charge in [-0.2, -0.15) is 5.10 Å². The molecule has 4 rings (SSSR count). The normalized spacial score (nSPS) is 11.1. The van der Waals surface area contributed by atoms with Crippen molar-refractivity contribution < 1.29 is 17.9 Å². The molecule has 8 nitrogen and oxygen atoms in total. The molecule has 9 heteroatoms. The van der Waals surface area contributed by atoms with Gasteiger partial charge in [-0.05, 0) is 54.8 Å². The minimum atomic E-state index is -4.00. The zero-order valence-electron chi connectivity index (χ0n) is 18.9. The number of methoxy groups -OCH3 is 1. The van der Waals surface area contributed by atoms with Crippen LogP contribution in [0.2, 0.25) is 0 Å². The van der Waals surface area contributed by atoms with Gasteiger partial charge < -0.3 is 10.1 Å². The first-order valence-corrected chi connectivity index (χ1v) is 12.0. The Bertz CT molecular complexity index is 1430. The number of sulfonamides is 1. The number of anilines is 2. The molecule has 0 saturated carbocycles. The number of amides is 1. The summed E-state index contributed by atoms with van der Waals surface area (Å²) in [7, 11) is -2.61. The van der Waals surface area contributed by atoms with Crippen LogP contribution in [0.15, 0.2) is 77.7 Å². The van der Waals surface area contributed by atoms with Gasteiger partial charge in [0.05, 0.1) is 18.5 Å². The molecule has 1 amide bonds. The van der Waals surface area contributed by atoms with Crippen molar-refractivity contribution in [3.63, 3.8) is 0 Å². The number of aromatic nitrogens is 2. The summed E-state index contributed by atoms with van der Waals surface area (Å²) in [5.74, 6) is -0.322. The predicted molar refractivity (Wildman–Crippen MR) is 132 cm³/mol. The number of aryl methyl sites for hydroxylation is 2. The molecule has 0 spiro atoms. The fourth-order valence-electron chi connectivity index (χ4n) is 3.53. The van der Waals surface area contributed by atoms with E-state index in [0.717, 1.165) is 16.7 Å². The van der Waals surface area contributed by atoms with Gasteiger partial charge in [0.1, 0.15) is 10.6 Å². The van der Waals surface area contributed by atoms with E-state index >= 15 is 0 Å². The molecule has 3 N–H and O–H groups in total. The average molecular weight is 477 g/mol. The first-order valence-electron chi connectivity index (χ1n) is 10.5. The second kappa shape index (κ2) is 9.40. The van der Waals surface area contributed by atoms with Crippen molar-refractivity contribution in [2.45, 2.75) is 18.7 Å². The second-order valence-electron chi connectivity index (χ2n) is 7.72. The molecule has 0 saturated heterocycles. The molecule has 0 radical (unpaired) electrons. The van der Waals surface area contributed by atoms with Crippen molar-refractivity contribution in [3.8, 4) is 17.0 Å². The van der Waals surface area contributed by atoms with E-state index in [4.69, 9.17) is 4.74 Å². The Morgan fingerprint density at radius 2 is 1.65 bits per heavy atom. The van der Waals surface area contributed by atoms with Crippen LogP contribution in [0, 0.1) is 13.8 Å². The van der Waals surface area contributed by atoms with E-state index in [9.17, 15) is 13.2 Å². The maximum Gasteiger partial charge on any atom is 0.276 e. The van der Waals surface area contributed by atoms with E-state index in [0.29, 0.717) is 11.4 Å². The summed E-state index contributed by atoms with van der Waals surface area (Å²) in [4.78, 5) is 12.7. The minimum absolute atomic E-state index is 0.0949. The number of carbonyl (C=O) groups excluding carboxylic acids is 1. The van der Waals surface area contributed by atoms with Crippen LogP contribution in [0.1, 0.15) is 21.6 Å². The Morgan fingerprint density at radius 1 is 0.941 bits per heavy atom. The number of hydrogen-bond acceptors (Lipinski definition) is 5. The highest BCUT2D eigenvalue weighted by Crippen LogP contribution is 2.31. The zero-order chi connectivity index (χ0) is 24.3. The molecule has 0 bridgehead atoms. The average Bonchev–Trinajstić information content (AvgIpc) is 3.33. The van der Waals surface area contributed by atoms with Crippen LogP contribution >= 0.6 is 0 Å². The lowest BCUT2D eigenvalue weighted by molar-refractivity contribution is 0.102. The summed E-state index contributed by atoms with van der Waals surface area (Å²) in [6.45, 7) is 3.65. The largest absolute Gasteiger partial charge is 0.495 e. The smallest absolute Gasteiger partial charge is 0.276 e. The summed E-state index contributed by atoms with van der Waals surface area (Å²) in [6, 6.07) is 21.1. The molecule has 1 heterocycles. The predicted octanol–water partition coefficient (Wildman–Crippen LogP) is 4.76. The van der Waals surface area contributed by atoms with E-state index in [1.165, 1.54) is 19.2 Å². The number of H-pyrrole nitrogens is 1. The van der Waals surface area contributed by atoms with Crippen molar-refractivity contribution in [3.05, 3.63) is 89.6 Å². The second-order valence-corrected chi connectivity index (χ2v) is 9.38. The van der Waals surface area contributed by atoms with Crippen molar-refractivity contribution in [1.82, 2.24) is 10.2 Å². The van der Waals surface area contributed by atoms with Gasteiger partial charge in [-0.3, -0.25) is 14.6 Å². The Labute approximate surface area is 198 Å². The summed E-state index contributed by atoms with van der Waals surface area (Å²) in [5.41, 5.74) is 4.14. The highest BCUT2D eigenvalue weighted by Gasteiger charge is 2.23. The molecule has 1 aromatic heterocycles. The lowest BCUT2D eigenvalue weighted by atomic mass is 10.1. The van der Waals surface area contributed by atoms with Crippen LogP contribution in [0.25, 0.3) is 11.3 Å². The van der Waals surface area contributed by atoms with Crippen LogP contribution in [0.4, 0.5) is 11.4 Å². The molecule has 0 aliphatic heterocycles. The van der Waals surface area contributed by atoms with E-state index < -0.39 is 15.9 Å². The molecule has 174 valence electrons. The highest BCUT2D eigenvalue weighted by atomic mass is 32.2. The monoisotopic (exact) mass is 476 g/mol. The lowest BCUT2D eigenvalue weighted by Gasteiger charge is -2.16. The third-order valence-corrected chi connectivity index (χ3v) is 6.69. The van der Waals surface area contributed by atoms with Gasteiger partial charge in [0.2, 0.25) is 0 Å². The lowest BCUT2D eigenvalue weighted by Crippen LogP contribution is -2.17. The number of hydrogen-bond donors (Lipinski definition) is 3. The summed E-state index contributed by atoms with van der Waals surface area (Å²) < 4.78 is 34.4. The van der Waals surface area contributed by atoms with Crippen molar-refractivity contribution in [2.75, 3.05) is 17.1 Å². The molecule has 3 aromatic carbocycles. The third-order valence-electron chi connectivity index (χ3n) is 5.32. The van der Waals surface area contributed by atoms with Gasteiger partial charge in [-0.1, -0.05) is 48.5 Å². The van der Waals surface area contributed by atoms with E-state index in [2.05, 4.69) is 20.2 Å². The van der Waals surface area contributed by atoms with Gasteiger partial charge >= 0.3 is 0 Å². The van der Waals surface area contributed by atoms with Gasteiger partial charge in [0.25, 0.3) is 15.9 Å². The summed E-state index contributed by atoms with van der Waals surface area (Å²) in [5, 5.41) is 9.62. The zero-order valence-corrected chi connectivity index (χ0v) is 19.7. The molecule has 34 heavy (non-hydrogen) atoms. The van der Waals surface area contributed by atoms with E-state index in [-0.39, 0.29) is 22.0 Å². The Kier molecular flexibility index (Phi) is 6.38. The quantitative estimate of drug-likeness (QED) is 0.356. The Hall–Kier alpha value is -4.11. The highest BCUT2D eigenvalue weighted by molar-refractivity contribution is 7.92. The third kappa shape index (κ3) is 4.79. The van der Waals surface area contributed by atoms with Gasteiger partial charge in [-0.25, -0.2) is 8.42 Å². The first-order chi connectivity index (χ1) is 16.3. The van der Waals surface area contributed by atoms with Gasteiger partial charge in [-0.15, -0.1) is 0 Å². The first kappa shape index (κ1) is 23.1. The molecule has 0 aliphatic rings. The fourth-order valence-corrected chi connectivity index (χ4v) is 4.93. The topological polar surface area (TPSA) is 113 Å². The maximum atomic E-state index is 13.2. The number of carbonyl (C=O) groups is 1. The van der Waals surface area contributed by atoms with Crippen LogP contribution in [0.3, 0.4) is 0 Å². The van der Waals surface area contributed by atoms with Crippen molar-refractivity contribution in [1.29, 1.82) is 0 Å². The maximum absolute atomic E-state index is 13.2. The van der Waals surface area contributed by atoms with Crippen LogP contribution in [0.5, 0.6) is 5.75 Å². The molecule has 4 aromatic rings. The van der Waals surface area contributed by atoms with E-state index in [1.807, 2.05) is 62.4 Å². The molecule has 0 fully saturated rings. The van der Waals surface area contributed by atoms with Gasteiger partial charge in [0.15, 0.2) is 5.69 Å².